The zero-order valence-corrected chi connectivity index (χ0v) is 10.2. The Labute approximate surface area is 106 Å². The number of hydrogen-bond acceptors (Lipinski definition) is 2. The van der Waals surface area contributed by atoms with E-state index in [4.69, 9.17) is 0 Å². The van der Waals surface area contributed by atoms with Gasteiger partial charge in [0, 0.05) is 18.4 Å². The summed E-state index contributed by atoms with van der Waals surface area (Å²) in [5.74, 6) is 0.0766. The summed E-state index contributed by atoms with van der Waals surface area (Å²) in [5, 5.41) is 5.94. The van der Waals surface area contributed by atoms with Crippen molar-refractivity contribution in [2.24, 2.45) is 0 Å². The molecule has 1 aliphatic rings. The number of carbonyl (C=O) groups excluding carboxylic acids is 1. The number of nitrogens with one attached hydrogen (secondary N) is 2. The average Bonchev–Trinajstić information content (AvgIpc) is 2.78. The first-order chi connectivity index (χ1) is 8.76. The molecule has 3 nitrogen and oxygen atoms in total. The summed E-state index contributed by atoms with van der Waals surface area (Å²) in [6.07, 6.45) is 0.484. The quantitative estimate of drug-likeness (QED) is 0.844. The molecular formula is C15H14N2O. The van der Waals surface area contributed by atoms with Crippen molar-refractivity contribution in [1.29, 1.82) is 0 Å². The maximum absolute atomic E-state index is 11.3. The molecule has 2 N–H and O–H groups in total. The minimum atomic E-state index is 0.0766. The number of hydrogen-bond donors (Lipinski definition) is 2. The fourth-order valence-electron chi connectivity index (χ4n) is 2.24. The first-order valence-corrected chi connectivity index (χ1v) is 5.97. The van der Waals surface area contributed by atoms with Crippen LogP contribution in [0.2, 0.25) is 0 Å². The Morgan fingerprint density at radius 3 is 2.50 bits per heavy atom. The van der Waals surface area contributed by atoms with Crippen LogP contribution in [-0.4, -0.2) is 13.0 Å². The van der Waals surface area contributed by atoms with Gasteiger partial charge in [-0.3, -0.25) is 4.79 Å². The van der Waals surface area contributed by atoms with E-state index in [0.29, 0.717) is 6.42 Å². The van der Waals surface area contributed by atoms with Crippen molar-refractivity contribution in [3.05, 3.63) is 48.0 Å². The topological polar surface area (TPSA) is 41.1 Å². The fourth-order valence-corrected chi connectivity index (χ4v) is 2.24. The zero-order chi connectivity index (χ0) is 12.5. The number of anilines is 2. The summed E-state index contributed by atoms with van der Waals surface area (Å²) in [6, 6.07) is 14.4. The third kappa shape index (κ3) is 1.84. The van der Waals surface area contributed by atoms with Crippen LogP contribution in [-0.2, 0) is 11.2 Å². The molecule has 0 unspecified atom stereocenters. The van der Waals surface area contributed by atoms with Gasteiger partial charge >= 0.3 is 0 Å². The molecule has 0 radical (unpaired) electrons. The predicted octanol–water partition coefficient (Wildman–Crippen LogP) is 2.89. The second kappa shape index (κ2) is 4.18. The molecule has 2 aromatic carbocycles. The lowest BCUT2D eigenvalue weighted by Gasteiger charge is -2.06. The molecule has 0 spiro atoms. The van der Waals surface area contributed by atoms with Crippen molar-refractivity contribution >= 4 is 17.3 Å². The van der Waals surface area contributed by atoms with E-state index in [0.717, 1.165) is 28.1 Å². The minimum Gasteiger partial charge on any atom is -0.388 e. The number of carbonyl (C=O) groups is 1. The SMILES string of the molecule is CNc1ccc(-c2ccc3c(c2)CC(=O)N3)cc1. The van der Waals surface area contributed by atoms with Gasteiger partial charge in [0.1, 0.15) is 0 Å². The first kappa shape index (κ1) is 10.8. The lowest BCUT2D eigenvalue weighted by Crippen LogP contribution is -2.03. The van der Waals surface area contributed by atoms with Crippen LogP contribution >= 0.6 is 0 Å². The number of rotatable bonds is 2. The average molecular weight is 238 g/mol. The maximum Gasteiger partial charge on any atom is 0.228 e. The molecule has 0 saturated carbocycles. The molecule has 2 aromatic rings. The first-order valence-electron chi connectivity index (χ1n) is 5.97. The van der Waals surface area contributed by atoms with Crippen LogP contribution in [0.25, 0.3) is 11.1 Å². The monoisotopic (exact) mass is 238 g/mol. The van der Waals surface area contributed by atoms with Crippen molar-refractivity contribution in [3.8, 4) is 11.1 Å². The highest BCUT2D eigenvalue weighted by Gasteiger charge is 2.17. The normalized spacial score (nSPS) is 13.1. The summed E-state index contributed by atoms with van der Waals surface area (Å²) < 4.78 is 0. The Morgan fingerprint density at radius 1 is 1.06 bits per heavy atom. The van der Waals surface area contributed by atoms with Crippen molar-refractivity contribution in [3.63, 3.8) is 0 Å². The zero-order valence-electron chi connectivity index (χ0n) is 10.2. The van der Waals surface area contributed by atoms with Gasteiger partial charge in [-0.15, -0.1) is 0 Å². The number of benzene rings is 2. The fraction of sp³-hybridized carbons (Fsp3) is 0.133. The molecular weight excluding hydrogens is 224 g/mol. The van der Waals surface area contributed by atoms with Gasteiger partial charge in [0.15, 0.2) is 0 Å². The van der Waals surface area contributed by atoms with Gasteiger partial charge in [-0.25, -0.2) is 0 Å². The number of fused-ring (bicyclic) bond motifs is 1. The van der Waals surface area contributed by atoms with Crippen LogP contribution in [0.3, 0.4) is 0 Å². The Bertz CT molecular complexity index is 602. The highest BCUT2D eigenvalue weighted by atomic mass is 16.1. The van der Waals surface area contributed by atoms with E-state index in [-0.39, 0.29) is 5.91 Å². The van der Waals surface area contributed by atoms with E-state index in [1.165, 1.54) is 0 Å². The molecule has 18 heavy (non-hydrogen) atoms. The van der Waals surface area contributed by atoms with Gasteiger partial charge < -0.3 is 10.6 Å². The van der Waals surface area contributed by atoms with Crippen LogP contribution in [0.1, 0.15) is 5.56 Å². The molecule has 1 heterocycles. The molecule has 0 atom stereocenters. The van der Waals surface area contributed by atoms with Crippen molar-refractivity contribution in [1.82, 2.24) is 0 Å². The molecule has 1 aliphatic heterocycles. The Hall–Kier alpha value is -2.29. The molecule has 0 bridgehead atoms. The Kier molecular flexibility index (Phi) is 2.52. The van der Waals surface area contributed by atoms with E-state index in [9.17, 15) is 4.79 Å². The van der Waals surface area contributed by atoms with Crippen molar-refractivity contribution < 1.29 is 4.79 Å². The summed E-state index contributed by atoms with van der Waals surface area (Å²) >= 11 is 0. The molecule has 1 amide bonds. The molecule has 0 fully saturated rings. The molecule has 3 rings (SSSR count). The van der Waals surface area contributed by atoms with Gasteiger partial charge in [0.25, 0.3) is 0 Å². The predicted molar refractivity (Wildman–Crippen MR) is 73.8 cm³/mol. The highest BCUT2D eigenvalue weighted by molar-refractivity contribution is 5.99. The van der Waals surface area contributed by atoms with Crippen LogP contribution in [0, 0.1) is 0 Å². The standard InChI is InChI=1S/C15H14N2O/c1-16-13-5-2-10(3-6-13)11-4-7-14-12(8-11)9-15(18)17-14/h2-8,16H,9H2,1H3,(H,17,18). The van der Waals surface area contributed by atoms with Gasteiger partial charge in [-0.05, 0) is 41.0 Å². The summed E-state index contributed by atoms with van der Waals surface area (Å²) in [5.41, 5.74) is 5.42. The summed E-state index contributed by atoms with van der Waals surface area (Å²) in [6.45, 7) is 0. The second-order valence-corrected chi connectivity index (χ2v) is 4.42. The molecule has 0 saturated heterocycles. The van der Waals surface area contributed by atoms with Crippen LogP contribution < -0.4 is 10.6 Å². The van der Waals surface area contributed by atoms with Gasteiger partial charge in [0.2, 0.25) is 5.91 Å². The third-order valence-electron chi connectivity index (χ3n) is 3.24. The summed E-state index contributed by atoms with van der Waals surface area (Å²) in [4.78, 5) is 11.3. The molecule has 3 heteroatoms. The van der Waals surface area contributed by atoms with E-state index in [1.54, 1.807) is 0 Å². The Morgan fingerprint density at radius 2 is 1.78 bits per heavy atom. The van der Waals surface area contributed by atoms with Gasteiger partial charge in [0.05, 0.1) is 6.42 Å². The molecule has 0 aromatic heterocycles. The van der Waals surface area contributed by atoms with Crippen LogP contribution in [0.15, 0.2) is 42.5 Å². The second-order valence-electron chi connectivity index (χ2n) is 4.42. The largest absolute Gasteiger partial charge is 0.388 e. The van der Waals surface area contributed by atoms with Crippen LogP contribution in [0.5, 0.6) is 0 Å². The van der Waals surface area contributed by atoms with E-state index in [1.807, 2.05) is 31.3 Å². The number of amides is 1. The van der Waals surface area contributed by atoms with E-state index >= 15 is 0 Å². The van der Waals surface area contributed by atoms with E-state index < -0.39 is 0 Å². The smallest absolute Gasteiger partial charge is 0.228 e. The lowest BCUT2D eigenvalue weighted by molar-refractivity contribution is -0.115. The van der Waals surface area contributed by atoms with Crippen molar-refractivity contribution in [2.75, 3.05) is 17.7 Å². The Balaban J connectivity index is 1.97. The maximum atomic E-state index is 11.3. The van der Waals surface area contributed by atoms with Gasteiger partial charge in [-0.1, -0.05) is 18.2 Å². The third-order valence-corrected chi connectivity index (χ3v) is 3.24. The molecule has 0 aliphatic carbocycles. The summed E-state index contributed by atoms with van der Waals surface area (Å²) in [7, 11) is 1.90. The minimum absolute atomic E-state index is 0.0766. The van der Waals surface area contributed by atoms with Gasteiger partial charge in [-0.2, -0.15) is 0 Å². The highest BCUT2D eigenvalue weighted by Crippen LogP contribution is 2.29. The molecule has 90 valence electrons. The lowest BCUT2D eigenvalue weighted by atomic mass is 10.0. The van der Waals surface area contributed by atoms with Crippen molar-refractivity contribution in [2.45, 2.75) is 6.42 Å². The van der Waals surface area contributed by atoms with E-state index in [2.05, 4.69) is 28.8 Å². The van der Waals surface area contributed by atoms with Crippen LogP contribution in [0.4, 0.5) is 11.4 Å².